The topological polar surface area (TPSA) is 390 Å². The van der Waals surface area contributed by atoms with Crippen molar-refractivity contribution in [2.45, 2.75) is 18.4 Å². The Bertz CT molecular complexity index is 1120. The molecule has 25 heteroatoms. The van der Waals surface area contributed by atoms with Crippen LogP contribution in [-0.2, 0) is 23.2 Å². The SMILES string of the molecule is Nc1nc2c(ncn2[C@@H]2O[C@H](CO)[C@@H](O)C2=O)c(=O)[nH]1.O=P(O)(O)O.O=P(O)(O)O.O=P(O)(O)O. The molecule has 0 bridgehead atoms. The van der Waals surface area contributed by atoms with Gasteiger partial charge in [-0.3, -0.25) is 19.1 Å². The number of nitrogens with one attached hydrogen (secondary N) is 1. The minimum atomic E-state index is -4.64. The summed E-state index contributed by atoms with van der Waals surface area (Å²) in [6, 6.07) is 0. The molecule has 0 radical (unpaired) electrons. The fourth-order valence-electron chi connectivity index (χ4n) is 2.10. The van der Waals surface area contributed by atoms with Crippen LogP contribution in [-0.4, -0.2) is 98.4 Å². The summed E-state index contributed by atoms with van der Waals surface area (Å²) in [7, 11) is -13.9. The average Bonchev–Trinajstić information content (AvgIpc) is 3.12. The number of H-pyrrole nitrogens is 1. The molecule has 0 saturated carbocycles. The highest BCUT2D eigenvalue weighted by Crippen LogP contribution is 2.28. The summed E-state index contributed by atoms with van der Waals surface area (Å²) in [5.74, 6) is -0.780. The third-order valence-corrected chi connectivity index (χ3v) is 3.07. The highest BCUT2D eigenvalue weighted by Gasteiger charge is 2.43. The van der Waals surface area contributed by atoms with E-state index in [9.17, 15) is 14.7 Å². The molecule has 14 N–H and O–H groups in total. The number of fused-ring (bicyclic) bond motifs is 1. The van der Waals surface area contributed by atoms with Crippen molar-refractivity contribution < 1.29 is 77.5 Å². The highest BCUT2D eigenvalue weighted by molar-refractivity contribution is 7.45. The summed E-state index contributed by atoms with van der Waals surface area (Å²) >= 11 is 0. The molecule has 35 heavy (non-hydrogen) atoms. The van der Waals surface area contributed by atoms with Gasteiger partial charge >= 0.3 is 23.5 Å². The van der Waals surface area contributed by atoms with E-state index in [0.717, 1.165) is 0 Å². The minimum absolute atomic E-state index is 0.00228. The van der Waals surface area contributed by atoms with Crippen LogP contribution in [0, 0.1) is 0 Å². The van der Waals surface area contributed by atoms with Crippen LogP contribution in [0.3, 0.4) is 0 Å². The Morgan fingerprint density at radius 3 is 1.77 bits per heavy atom. The smallest absolute Gasteiger partial charge is 0.394 e. The molecule has 2 aromatic heterocycles. The third-order valence-electron chi connectivity index (χ3n) is 3.07. The molecule has 0 aromatic carbocycles. The van der Waals surface area contributed by atoms with Crippen LogP contribution in [0.15, 0.2) is 11.1 Å². The number of hydrogen-bond donors (Lipinski definition) is 13. The molecule has 202 valence electrons. The number of aliphatic hydroxyl groups excluding tert-OH is 2. The first-order valence-electron chi connectivity index (χ1n) is 8.08. The van der Waals surface area contributed by atoms with E-state index in [2.05, 4.69) is 15.0 Å². The maximum atomic E-state index is 11.9. The lowest BCUT2D eigenvalue weighted by molar-refractivity contribution is -0.130. The number of aromatic nitrogens is 4. The van der Waals surface area contributed by atoms with E-state index in [4.69, 9.17) is 73.3 Å². The average molecular weight is 575 g/mol. The van der Waals surface area contributed by atoms with Gasteiger partial charge < -0.3 is 64.7 Å². The van der Waals surface area contributed by atoms with Crippen molar-refractivity contribution >= 4 is 46.4 Å². The molecule has 1 saturated heterocycles. The lowest BCUT2D eigenvalue weighted by Crippen LogP contribution is -2.29. The largest absolute Gasteiger partial charge is 0.466 e. The fraction of sp³-hybridized carbons (Fsp3) is 0.400. The molecule has 0 unspecified atom stereocenters. The first-order chi connectivity index (χ1) is 15.5. The van der Waals surface area contributed by atoms with Crippen LogP contribution in [0.25, 0.3) is 11.2 Å². The number of nitrogen functional groups attached to an aromatic ring is 1. The van der Waals surface area contributed by atoms with Crippen molar-refractivity contribution in [3.63, 3.8) is 0 Å². The van der Waals surface area contributed by atoms with Crippen LogP contribution in [0.4, 0.5) is 5.95 Å². The second-order valence-corrected chi connectivity index (χ2v) is 8.95. The second-order valence-electron chi connectivity index (χ2n) is 5.87. The van der Waals surface area contributed by atoms with E-state index < -0.39 is 59.9 Å². The number of aliphatic hydroxyl groups is 2. The molecular weight excluding hydrogens is 555 g/mol. The van der Waals surface area contributed by atoms with Crippen molar-refractivity contribution in [2.24, 2.45) is 0 Å². The van der Waals surface area contributed by atoms with Crippen LogP contribution in [0.5, 0.6) is 0 Å². The lowest BCUT2D eigenvalue weighted by atomic mass is 10.2. The predicted octanol–water partition coefficient (Wildman–Crippen LogP) is -5.26. The van der Waals surface area contributed by atoms with Gasteiger partial charge in [0, 0.05) is 0 Å². The molecule has 0 amide bonds. The van der Waals surface area contributed by atoms with Gasteiger partial charge in [0.05, 0.1) is 12.9 Å². The maximum absolute atomic E-state index is 11.9. The number of anilines is 1. The van der Waals surface area contributed by atoms with Crippen molar-refractivity contribution in [1.82, 2.24) is 19.5 Å². The molecule has 1 aliphatic rings. The standard InChI is InChI=1S/C10H11N5O5.3H3O4P/c11-10-13-7-4(8(19)14-10)12-2-15(7)9-6(18)5(17)3(1-16)20-9;3*1-5(2,3)4/h2-3,5,9,16-17H,1H2,(H3,11,13,14,19);3*(H3,1,2,3,4)/t3-,5-,9-;;;/m1.../s1. The number of ketones is 1. The molecule has 0 aliphatic carbocycles. The van der Waals surface area contributed by atoms with Gasteiger partial charge in [-0.05, 0) is 0 Å². The van der Waals surface area contributed by atoms with Gasteiger partial charge in [-0.2, -0.15) is 4.98 Å². The number of nitrogens with two attached hydrogens (primary N) is 1. The molecular formula is C10H20N5O17P3. The molecule has 3 rings (SSSR count). The van der Waals surface area contributed by atoms with Crippen molar-refractivity contribution in [1.29, 1.82) is 0 Å². The summed E-state index contributed by atoms with van der Waals surface area (Å²) in [4.78, 5) is 98.2. The summed E-state index contributed by atoms with van der Waals surface area (Å²) in [6.45, 7) is -0.508. The molecule has 3 heterocycles. The Kier molecular flexibility index (Phi) is 12.1. The fourth-order valence-corrected chi connectivity index (χ4v) is 2.10. The van der Waals surface area contributed by atoms with Crippen LogP contribution >= 0.6 is 23.5 Å². The second kappa shape index (κ2) is 12.8. The monoisotopic (exact) mass is 575 g/mol. The first kappa shape index (κ1) is 33.0. The van der Waals surface area contributed by atoms with Gasteiger partial charge in [0.25, 0.3) is 5.56 Å². The lowest BCUT2D eigenvalue weighted by Gasteiger charge is -2.11. The Balaban J connectivity index is 0.000000635. The minimum Gasteiger partial charge on any atom is -0.394 e. The van der Waals surface area contributed by atoms with E-state index in [-0.39, 0.29) is 17.1 Å². The quantitative estimate of drug-likeness (QED) is 0.149. The Morgan fingerprint density at radius 1 is 0.971 bits per heavy atom. The number of carbonyl (C=O) groups is 1. The molecule has 3 atom stereocenters. The molecule has 1 aliphatic heterocycles. The van der Waals surface area contributed by atoms with Crippen LogP contribution in [0.2, 0.25) is 0 Å². The molecule has 22 nitrogen and oxygen atoms in total. The van der Waals surface area contributed by atoms with Gasteiger partial charge in [0.1, 0.15) is 12.2 Å². The molecule has 0 spiro atoms. The van der Waals surface area contributed by atoms with E-state index in [1.54, 1.807) is 0 Å². The van der Waals surface area contributed by atoms with Crippen molar-refractivity contribution in [2.75, 3.05) is 12.3 Å². The van der Waals surface area contributed by atoms with E-state index >= 15 is 0 Å². The summed E-state index contributed by atoms with van der Waals surface area (Å²) in [5.41, 5.74) is 4.96. The van der Waals surface area contributed by atoms with E-state index in [0.29, 0.717) is 0 Å². The summed E-state index contributed by atoms with van der Waals surface area (Å²) in [6.07, 6.45) is -2.48. The zero-order chi connectivity index (χ0) is 27.9. The van der Waals surface area contributed by atoms with Crippen molar-refractivity contribution in [3.05, 3.63) is 16.7 Å². The zero-order valence-corrected chi connectivity index (χ0v) is 19.3. The molecule has 2 aromatic rings. The van der Waals surface area contributed by atoms with Gasteiger partial charge in [-0.1, -0.05) is 0 Å². The third kappa shape index (κ3) is 14.2. The van der Waals surface area contributed by atoms with Crippen LogP contribution < -0.4 is 11.3 Å². The number of hydrogen-bond acceptors (Lipinski definition) is 11. The number of nitrogens with zero attached hydrogens (tertiary/aromatic N) is 3. The number of phosphoric acid groups is 3. The van der Waals surface area contributed by atoms with Gasteiger partial charge in [0.15, 0.2) is 17.4 Å². The van der Waals surface area contributed by atoms with Crippen LogP contribution in [0.1, 0.15) is 6.23 Å². The highest BCUT2D eigenvalue weighted by atomic mass is 31.2. The summed E-state index contributed by atoms with van der Waals surface area (Å²) < 4.78 is 33.1. The number of aromatic amines is 1. The van der Waals surface area contributed by atoms with Gasteiger partial charge in [-0.15, -0.1) is 0 Å². The number of rotatable bonds is 2. The normalized spacial score (nSPS) is 20.2. The van der Waals surface area contributed by atoms with E-state index in [1.807, 2.05) is 0 Å². The number of Topliss-reactive ketones (excluding diaryl/α,β-unsaturated/α-hetero) is 1. The number of carbonyl (C=O) groups excluding carboxylic acids is 1. The summed E-state index contributed by atoms with van der Waals surface area (Å²) in [5, 5.41) is 18.6. The zero-order valence-electron chi connectivity index (χ0n) is 16.6. The Morgan fingerprint density at radius 2 is 1.40 bits per heavy atom. The van der Waals surface area contributed by atoms with E-state index in [1.165, 1.54) is 10.9 Å². The Hall–Kier alpha value is -1.97. The number of imidazole rings is 1. The first-order valence-corrected chi connectivity index (χ1v) is 12.8. The van der Waals surface area contributed by atoms with Gasteiger partial charge in [-0.25, -0.2) is 18.7 Å². The molecule has 1 fully saturated rings. The Labute approximate surface area is 191 Å². The van der Waals surface area contributed by atoms with Crippen molar-refractivity contribution in [3.8, 4) is 0 Å². The number of ether oxygens (including phenoxy) is 1. The maximum Gasteiger partial charge on any atom is 0.466 e. The predicted molar refractivity (Wildman–Crippen MR) is 107 cm³/mol. The van der Waals surface area contributed by atoms with Gasteiger partial charge in [0.2, 0.25) is 11.7 Å².